The Hall–Kier alpha value is -2.05. The van der Waals surface area contributed by atoms with E-state index in [1.165, 1.54) is 13.8 Å². The molecular weight excluding hydrogens is 236 g/mol. The Morgan fingerprint density at radius 1 is 1.50 bits per heavy atom. The zero-order valence-electron chi connectivity index (χ0n) is 10.7. The summed E-state index contributed by atoms with van der Waals surface area (Å²) in [5.74, 6) is -1.08. The molecule has 7 nitrogen and oxygen atoms in total. The van der Waals surface area contributed by atoms with Crippen molar-refractivity contribution in [3.63, 3.8) is 0 Å². The third-order valence-corrected chi connectivity index (χ3v) is 2.42. The van der Waals surface area contributed by atoms with Crippen molar-refractivity contribution in [2.24, 2.45) is 7.05 Å². The molecule has 0 aliphatic heterocycles. The number of urea groups is 1. The Bertz CT molecular complexity index is 439. The minimum absolute atomic E-state index is 0.424. The smallest absolute Gasteiger partial charge is 0.328 e. The minimum atomic E-state index is -1.28. The van der Waals surface area contributed by atoms with Gasteiger partial charge in [-0.3, -0.25) is 4.68 Å². The number of aliphatic carboxylic acids is 1. The molecule has 0 radical (unpaired) electrons. The van der Waals surface area contributed by atoms with Gasteiger partial charge in [0.15, 0.2) is 0 Å². The number of carboxylic acids is 1. The van der Waals surface area contributed by atoms with Crippen LogP contribution in [0.4, 0.5) is 4.79 Å². The molecule has 3 N–H and O–H groups in total. The number of aryl methyl sites for hydroxylation is 1. The lowest BCUT2D eigenvalue weighted by Gasteiger charge is -2.21. The van der Waals surface area contributed by atoms with Gasteiger partial charge in [-0.1, -0.05) is 0 Å². The Balaban J connectivity index is 2.32. The van der Waals surface area contributed by atoms with E-state index in [1.54, 1.807) is 10.9 Å². The van der Waals surface area contributed by atoms with Crippen LogP contribution >= 0.6 is 0 Å². The molecule has 0 saturated carbocycles. The van der Waals surface area contributed by atoms with Crippen LogP contribution in [0.15, 0.2) is 12.4 Å². The van der Waals surface area contributed by atoms with Gasteiger partial charge in [0.05, 0.1) is 6.20 Å². The monoisotopic (exact) mass is 254 g/mol. The summed E-state index contributed by atoms with van der Waals surface area (Å²) in [4.78, 5) is 22.3. The zero-order valence-corrected chi connectivity index (χ0v) is 10.7. The molecular formula is C11H18N4O3. The van der Waals surface area contributed by atoms with Crippen LogP contribution in [-0.2, 0) is 18.3 Å². The number of carbonyl (C=O) groups is 2. The first kappa shape index (κ1) is 14.0. The first-order valence-electron chi connectivity index (χ1n) is 5.58. The largest absolute Gasteiger partial charge is 0.480 e. The average Bonchev–Trinajstić information content (AvgIpc) is 2.63. The molecule has 1 aromatic rings. The van der Waals surface area contributed by atoms with Crippen LogP contribution in [0.5, 0.6) is 0 Å². The molecule has 7 heteroatoms. The Morgan fingerprint density at radius 3 is 2.67 bits per heavy atom. The standard InChI is InChI=1S/C11H18N4O3/c1-11(2,9(16)17)14-10(18)12-5-4-8-6-13-15(3)7-8/h6-7H,4-5H2,1-3H3,(H,16,17)(H2,12,14,18). The summed E-state index contributed by atoms with van der Waals surface area (Å²) in [6.07, 6.45) is 4.23. The van der Waals surface area contributed by atoms with Gasteiger partial charge < -0.3 is 15.7 Å². The zero-order chi connectivity index (χ0) is 13.8. The van der Waals surface area contributed by atoms with Crippen molar-refractivity contribution in [1.29, 1.82) is 0 Å². The normalized spacial score (nSPS) is 11.1. The average molecular weight is 254 g/mol. The van der Waals surface area contributed by atoms with Crippen molar-refractivity contribution in [3.05, 3.63) is 18.0 Å². The number of carboxylic acid groups (broad SMARTS) is 1. The van der Waals surface area contributed by atoms with Crippen LogP contribution in [0.3, 0.4) is 0 Å². The predicted octanol–water partition coefficient (Wildman–Crippen LogP) is 0.125. The number of carbonyl (C=O) groups excluding carboxylic acids is 1. The molecule has 0 aliphatic carbocycles. The van der Waals surface area contributed by atoms with E-state index in [4.69, 9.17) is 5.11 Å². The number of hydrogen-bond acceptors (Lipinski definition) is 3. The van der Waals surface area contributed by atoms with Crippen molar-refractivity contribution < 1.29 is 14.7 Å². The van der Waals surface area contributed by atoms with E-state index >= 15 is 0 Å². The molecule has 100 valence electrons. The van der Waals surface area contributed by atoms with E-state index in [-0.39, 0.29) is 0 Å². The van der Waals surface area contributed by atoms with Gasteiger partial charge in [0.2, 0.25) is 0 Å². The molecule has 0 saturated heterocycles. The number of nitrogens with zero attached hydrogens (tertiary/aromatic N) is 2. The molecule has 1 heterocycles. The molecule has 0 unspecified atom stereocenters. The molecule has 0 aliphatic rings. The fourth-order valence-electron chi connectivity index (χ4n) is 1.30. The summed E-state index contributed by atoms with van der Waals surface area (Å²) < 4.78 is 1.68. The summed E-state index contributed by atoms with van der Waals surface area (Å²) in [6.45, 7) is 3.28. The maximum Gasteiger partial charge on any atom is 0.328 e. The Morgan fingerprint density at radius 2 is 2.17 bits per heavy atom. The van der Waals surface area contributed by atoms with Gasteiger partial charge in [0.1, 0.15) is 5.54 Å². The van der Waals surface area contributed by atoms with Gasteiger partial charge in [-0.15, -0.1) is 0 Å². The number of amides is 2. The molecule has 0 fully saturated rings. The van der Waals surface area contributed by atoms with Crippen LogP contribution in [0.2, 0.25) is 0 Å². The third-order valence-electron chi connectivity index (χ3n) is 2.42. The topological polar surface area (TPSA) is 96.2 Å². The van der Waals surface area contributed by atoms with Crippen LogP contribution in [0.1, 0.15) is 19.4 Å². The Kier molecular flexibility index (Phi) is 4.30. The van der Waals surface area contributed by atoms with E-state index in [0.717, 1.165) is 5.56 Å². The lowest BCUT2D eigenvalue weighted by molar-refractivity contribution is -0.142. The van der Waals surface area contributed by atoms with Crippen LogP contribution in [-0.4, -0.2) is 39.0 Å². The van der Waals surface area contributed by atoms with Crippen molar-refractivity contribution in [2.45, 2.75) is 25.8 Å². The molecule has 1 rings (SSSR count). The summed E-state index contributed by atoms with van der Waals surface area (Å²) in [5, 5.41) is 17.8. The molecule has 18 heavy (non-hydrogen) atoms. The SMILES string of the molecule is Cn1cc(CCNC(=O)NC(C)(C)C(=O)O)cn1. The summed E-state index contributed by atoms with van der Waals surface area (Å²) in [5.41, 5.74) is -0.270. The number of hydrogen-bond donors (Lipinski definition) is 3. The van der Waals surface area contributed by atoms with Gasteiger partial charge in [0.25, 0.3) is 0 Å². The molecule has 0 atom stereocenters. The fraction of sp³-hybridized carbons (Fsp3) is 0.545. The van der Waals surface area contributed by atoms with E-state index in [9.17, 15) is 9.59 Å². The molecule has 0 spiro atoms. The van der Waals surface area contributed by atoms with E-state index in [0.29, 0.717) is 13.0 Å². The van der Waals surface area contributed by atoms with Crippen molar-refractivity contribution in [2.75, 3.05) is 6.54 Å². The highest BCUT2D eigenvalue weighted by atomic mass is 16.4. The number of rotatable bonds is 5. The molecule has 0 bridgehead atoms. The first-order chi connectivity index (χ1) is 8.31. The maximum absolute atomic E-state index is 11.5. The second-order valence-electron chi connectivity index (χ2n) is 4.58. The van der Waals surface area contributed by atoms with Gasteiger partial charge in [-0.05, 0) is 25.8 Å². The van der Waals surface area contributed by atoms with Gasteiger partial charge in [-0.25, -0.2) is 9.59 Å². The lowest BCUT2D eigenvalue weighted by Crippen LogP contribution is -2.53. The maximum atomic E-state index is 11.5. The first-order valence-corrected chi connectivity index (χ1v) is 5.58. The van der Waals surface area contributed by atoms with E-state index < -0.39 is 17.5 Å². The van der Waals surface area contributed by atoms with Gasteiger partial charge in [-0.2, -0.15) is 5.10 Å². The fourth-order valence-corrected chi connectivity index (χ4v) is 1.30. The van der Waals surface area contributed by atoms with Gasteiger partial charge in [0, 0.05) is 19.8 Å². The van der Waals surface area contributed by atoms with Crippen molar-refractivity contribution >= 4 is 12.0 Å². The quantitative estimate of drug-likeness (QED) is 0.695. The van der Waals surface area contributed by atoms with E-state index in [1.807, 2.05) is 13.2 Å². The highest BCUT2D eigenvalue weighted by molar-refractivity contribution is 5.85. The minimum Gasteiger partial charge on any atom is -0.480 e. The molecule has 1 aromatic heterocycles. The third kappa shape index (κ3) is 4.08. The van der Waals surface area contributed by atoms with Crippen molar-refractivity contribution in [1.82, 2.24) is 20.4 Å². The molecule has 2 amide bonds. The summed E-state index contributed by atoms with van der Waals surface area (Å²) in [7, 11) is 1.82. The van der Waals surface area contributed by atoms with Crippen LogP contribution < -0.4 is 10.6 Å². The van der Waals surface area contributed by atoms with Crippen molar-refractivity contribution in [3.8, 4) is 0 Å². The predicted molar refractivity (Wildman–Crippen MR) is 65.2 cm³/mol. The number of nitrogens with one attached hydrogen (secondary N) is 2. The number of aromatic nitrogens is 2. The highest BCUT2D eigenvalue weighted by Gasteiger charge is 2.28. The Labute approximate surface area is 105 Å². The second-order valence-corrected chi connectivity index (χ2v) is 4.58. The lowest BCUT2D eigenvalue weighted by atomic mass is 10.1. The van der Waals surface area contributed by atoms with E-state index in [2.05, 4.69) is 15.7 Å². The summed E-state index contributed by atoms with van der Waals surface area (Å²) >= 11 is 0. The summed E-state index contributed by atoms with van der Waals surface area (Å²) in [6, 6.07) is -0.494. The molecule has 0 aromatic carbocycles. The van der Waals surface area contributed by atoms with Crippen LogP contribution in [0, 0.1) is 0 Å². The highest BCUT2D eigenvalue weighted by Crippen LogP contribution is 2.01. The van der Waals surface area contributed by atoms with Gasteiger partial charge >= 0.3 is 12.0 Å². The second kappa shape index (κ2) is 5.52. The van der Waals surface area contributed by atoms with Crippen LogP contribution in [0.25, 0.3) is 0 Å².